The Balaban J connectivity index is 2.19. The first-order chi connectivity index (χ1) is 12.7. The third-order valence-corrected chi connectivity index (χ3v) is 5.10. The lowest BCUT2D eigenvalue weighted by atomic mass is 9.90. The minimum Gasteiger partial charge on any atom is -0.503 e. The zero-order valence-electron chi connectivity index (χ0n) is 16.5. The highest BCUT2D eigenvalue weighted by atomic mass is 16.3. The summed E-state index contributed by atoms with van der Waals surface area (Å²) in [6, 6.07) is 7.26. The Morgan fingerprint density at radius 1 is 1.30 bits per heavy atom. The second-order valence-electron chi connectivity index (χ2n) is 7.69. The number of hydrogen-bond donors (Lipinski definition) is 2. The van der Waals surface area contributed by atoms with E-state index < -0.39 is 17.7 Å². The van der Waals surface area contributed by atoms with Crippen molar-refractivity contribution in [2.24, 2.45) is 5.92 Å². The maximum atomic E-state index is 12.9. The minimum atomic E-state index is -0.580. The van der Waals surface area contributed by atoms with Crippen molar-refractivity contribution in [1.29, 1.82) is 0 Å². The molecule has 2 aromatic rings. The molecule has 0 bridgehead atoms. The summed E-state index contributed by atoms with van der Waals surface area (Å²) < 4.78 is 0. The molecule has 6 nitrogen and oxygen atoms in total. The molecule has 1 aromatic carbocycles. The number of H-pyrrole nitrogens is 1. The Kier molecular flexibility index (Phi) is 5.11. The summed E-state index contributed by atoms with van der Waals surface area (Å²) in [6.07, 6.45) is 0. The van der Waals surface area contributed by atoms with Crippen LogP contribution in [0.3, 0.4) is 0 Å². The van der Waals surface area contributed by atoms with Crippen molar-refractivity contribution in [2.75, 3.05) is 27.2 Å². The van der Waals surface area contributed by atoms with Gasteiger partial charge in [-0.15, -0.1) is 0 Å². The molecule has 1 aliphatic heterocycles. The van der Waals surface area contributed by atoms with Gasteiger partial charge in [-0.1, -0.05) is 32.0 Å². The van der Waals surface area contributed by atoms with Crippen molar-refractivity contribution in [3.05, 3.63) is 46.9 Å². The molecular formula is C21H27N3O3. The van der Waals surface area contributed by atoms with E-state index in [1.807, 2.05) is 50.2 Å². The summed E-state index contributed by atoms with van der Waals surface area (Å²) in [6.45, 7) is 6.58. The van der Waals surface area contributed by atoms with Gasteiger partial charge in [0, 0.05) is 41.2 Å². The number of benzene rings is 1. The average Bonchev–Trinajstić information content (AvgIpc) is 3.06. The predicted octanol–water partition coefficient (Wildman–Crippen LogP) is 2.96. The SMILES string of the molecule is Cc1[nH]c2ccccc2c1C1C(C(=O)C(C)C)=C(O)C(=O)N1CCN(C)C. The second kappa shape index (κ2) is 7.19. The number of likely N-dealkylation sites (N-methyl/N-ethyl adjacent to an activating group) is 1. The van der Waals surface area contributed by atoms with Crippen molar-refractivity contribution in [1.82, 2.24) is 14.8 Å². The van der Waals surface area contributed by atoms with Crippen LogP contribution in [0.15, 0.2) is 35.6 Å². The van der Waals surface area contributed by atoms with Crippen LogP contribution < -0.4 is 0 Å². The molecule has 1 aliphatic rings. The molecule has 0 radical (unpaired) electrons. The van der Waals surface area contributed by atoms with E-state index in [9.17, 15) is 14.7 Å². The van der Waals surface area contributed by atoms with Gasteiger partial charge in [-0.2, -0.15) is 0 Å². The normalized spacial score (nSPS) is 17.8. The molecule has 0 saturated carbocycles. The Labute approximate surface area is 159 Å². The highest BCUT2D eigenvalue weighted by Crippen LogP contribution is 2.42. The van der Waals surface area contributed by atoms with Crippen molar-refractivity contribution < 1.29 is 14.7 Å². The van der Waals surface area contributed by atoms with E-state index in [4.69, 9.17) is 0 Å². The van der Waals surface area contributed by atoms with Crippen LogP contribution in [0.4, 0.5) is 0 Å². The van der Waals surface area contributed by atoms with E-state index in [1.165, 1.54) is 0 Å². The molecule has 2 N–H and O–H groups in total. The van der Waals surface area contributed by atoms with Gasteiger partial charge in [-0.3, -0.25) is 9.59 Å². The number of nitrogens with one attached hydrogen (secondary N) is 1. The number of aliphatic hydroxyl groups excluding tert-OH is 1. The lowest BCUT2D eigenvalue weighted by Gasteiger charge is -2.28. The topological polar surface area (TPSA) is 76.6 Å². The number of amides is 1. The zero-order valence-corrected chi connectivity index (χ0v) is 16.5. The number of carbonyl (C=O) groups excluding carboxylic acids is 2. The first-order valence-corrected chi connectivity index (χ1v) is 9.24. The van der Waals surface area contributed by atoms with Gasteiger partial charge in [0.15, 0.2) is 11.5 Å². The molecule has 1 atom stereocenters. The summed E-state index contributed by atoms with van der Waals surface area (Å²) in [5.41, 5.74) is 2.94. The van der Waals surface area contributed by atoms with Crippen LogP contribution in [0.1, 0.15) is 31.1 Å². The smallest absolute Gasteiger partial charge is 0.290 e. The van der Waals surface area contributed by atoms with Gasteiger partial charge in [0.25, 0.3) is 5.91 Å². The van der Waals surface area contributed by atoms with Crippen LogP contribution in [0, 0.1) is 12.8 Å². The number of hydrogen-bond acceptors (Lipinski definition) is 4. The van der Waals surface area contributed by atoms with E-state index in [2.05, 4.69) is 4.98 Å². The molecular weight excluding hydrogens is 342 g/mol. The minimum absolute atomic E-state index is 0.192. The fourth-order valence-electron chi connectivity index (χ4n) is 3.71. The maximum Gasteiger partial charge on any atom is 0.290 e. The Bertz CT molecular complexity index is 924. The standard InChI is InChI=1S/C21H27N3O3/c1-12(2)19(25)17-18(24(11-10-23(4)5)21(27)20(17)26)16-13(3)22-15-9-7-6-8-14(15)16/h6-9,12,18,22,26H,10-11H2,1-5H3. The Morgan fingerprint density at radius 2 is 1.96 bits per heavy atom. The maximum absolute atomic E-state index is 12.9. The van der Waals surface area contributed by atoms with Crippen LogP contribution in [-0.4, -0.2) is 58.8 Å². The number of aryl methyl sites for hydroxylation is 1. The molecule has 27 heavy (non-hydrogen) atoms. The summed E-state index contributed by atoms with van der Waals surface area (Å²) in [7, 11) is 3.86. The summed E-state index contributed by atoms with van der Waals surface area (Å²) >= 11 is 0. The summed E-state index contributed by atoms with van der Waals surface area (Å²) in [5, 5.41) is 11.6. The largest absolute Gasteiger partial charge is 0.503 e. The Morgan fingerprint density at radius 3 is 2.59 bits per heavy atom. The molecule has 1 unspecified atom stereocenters. The van der Waals surface area contributed by atoms with Crippen LogP contribution >= 0.6 is 0 Å². The number of Topliss-reactive ketones (excluding diaryl/α,β-unsaturated/α-hetero) is 1. The van der Waals surface area contributed by atoms with Crippen molar-refractivity contribution >= 4 is 22.6 Å². The summed E-state index contributed by atoms with van der Waals surface area (Å²) in [4.78, 5) is 32.7. The molecule has 1 amide bonds. The highest BCUT2D eigenvalue weighted by Gasteiger charge is 2.45. The monoisotopic (exact) mass is 369 g/mol. The average molecular weight is 369 g/mol. The number of fused-ring (bicyclic) bond motifs is 1. The molecule has 3 rings (SSSR count). The molecule has 0 fully saturated rings. The van der Waals surface area contributed by atoms with Crippen LogP contribution in [0.25, 0.3) is 10.9 Å². The number of nitrogens with zero attached hydrogens (tertiary/aromatic N) is 2. The number of ketones is 1. The van der Waals surface area contributed by atoms with E-state index in [0.29, 0.717) is 13.1 Å². The summed E-state index contributed by atoms with van der Waals surface area (Å²) in [5.74, 6) is -1.39. The lowest BCUT2D eigenvalue weighted by molar-refractivity contribution is -0.129. The van der Waals surface area contributed by atoms with E-state index in [-0.39, 0.29) is 17.3 Å². The first-order valence-electron chi connectivity index (χ1n) is 9.24. The van der Waals surface area contributed by atoms with Gasteiger partial charge in [0.1, 0.15) is 0 Å². The number of carbonyl (C=O) groups is 2. The van der Waals surface area contributed by atoms with E-state index in [1.54, 1.807) is 18.7 Å². The number of aromatic nitrogens is 1. The van der Waals surface area contributed by atoms with Gasteiger partial charge in [0.05, 0.1) is 11.6 Å². The number of aromatic amines is 1. The van der Waals surface area contributed by atoms with Crippen LogP contribution in [0.5, 0.6) is 0 Å². The lowest BCUT2D eigenvalue weighted by Crippen LogP contribution is -2.37. The molecule has 0 saturated heterocycles. The fourth-order valence-corrected chi connectivity index (χ4v) is 3.71. The third-order valence-electron chi connectivity index (χ3n) is 5.10. The number of aliphatic hydroxyl groups is 1. The zero-order chi connectivity index (χ0) is 19.9. The predicted molar refractivity (Wildman–Crippen MR) is 106 cm³/mol. The Hall–Kier alpha value is -2.60. The molecule has 144 valence electrons. The van der Waals surface area contributed by atoms with Crippen molar-refractivity contribution in [2.45, 2.75) is 26.8 Å². The van der Waals surface area contributed by atoms with Gasteiger partial charge >= 0.3 is 0 Å². The van der Waals surface area contributed by atoms with Crippen molar-refractivity contribution in [3.63, 3.8) is 0 Å². The quantitative estimate of drug-likeness (QED) is 0.821. The van der Waals surface area contributed by atoms with Crippen LogP contribution in [-0.2, 0) is 9.59 Å². The van der Waals surface area contributed by atoms with Crippen LogP contribution in [0.2, 0.25) is 0 Å². The fraction of sp³-hybridized carbons (Fsp3) is 0.429. The van der Waals surface area contributed by atoms with Gasteiger partial charge in [-0.05, 0) is 27.1 Å². The molecule has 2 heterocycles. The van der Waals surface area contributed by atoms with Gasteiger partial charge in [-0.25, -0.2) is 0 Å². The molecule has 1 aromatic heterocycles. The molecule has 6 heteroatoms. The highest BCUT2D eigenvalue weighted by molar-refractivity contribution is 6.10. The number of para-hydroxylation sites is 1. The van der Waals surface area contributed by atoms with Crippen molar-refractivity contribution in [3.8, 4) is 0 Å². The third kappa shape index (κ3) is 3.25. The first kappa shape index (κ1) is 19.2. The van der Waals surface area contributed by atoms with E-state index in [0.717, 1.165) is 22.2 Å². The van der Waals surface area contributed by atoms with Gasteiger partial charge in [0.2, 0.25) is 0 Å². The van der Waals surface area contributed by atoms with Gasteiger partial charge < -0.3 is 19.9 Å². The van der Waals surface area contributed by atoms with E-state index >= 15 is 0 Å². The molecule has 0 spiro atoms. The molecule has 0 aliphatic carbocycles. The number of rotatable bonds is 6. The second-order valence-corrected chi connectivity index (χ2v) is 7.69.